The minimum Gasteiger partial charge on any atom is -0.348 e. The predicted molar refractivity (Wildman–Crippen MR) is 112 cm³/mol. The first-order valence-electron chi connectivity index (χ1n) is 10.7. The van der Waals surface area contributed by atoms with Gasteiger partial charge in [0, 0.05) is 43.0 Å². The molecule has 2 aliphatic rings. The summed E-state index contributed by atoms with van der Waals surface area (Å²) >= 11 is 0. The van der Waals surface area contributed by atoms with Crippen LogP contribution in [0.1, 0.15) is 61.3 Å². The van der Waals surface area contributed by atoms with Crippen LogP contribution in [0.15, 0.2) is 45.8 Å². The summed E-state index contributed by atoms with van der Waals surface area (Å²) < 4.78 is 7.40. The third-order valence-electron chi connectivity index (χ3n) is 6.57. The highest BCUT2D eigenvalue weighted by Gasteiger charge is 2.42. The van der Waals surface area contributed by atoms with Gasteiger partial charge in [0.15, 0.2) is 0 Å². The van der Waals surface area contributed by atoms with Gasteiger partial charge in [-0.1, -0.05) is 25.1 Å². The van der Waals surface area contributed by atoms with Gasteiger partial charge in [-0.2, -0.15) is 0 Å². The molecule has 0 N–H and O–H groups in total. The number of carbonyl (C=O) groups excluding carboxylic acids is 1. The van der Waals surface area contributed by atoms with Crippen LogP contribution in [0.2, 0.25) is 0 Å². The number of pyridine rings is 2. The molecule has 30 heavy (non-hydrogen) atoms. The molecule has 3 atom stereocenters. The van der Waals surface area contributed by atoms with Crippen molar-refractivity contribution < 1.29 is 9.32 Å². The van der Waals surface area contributed by atoms with E-state index in [0.29, 0.717) is 30.0 Å². The third kappa shape index (κ3) is 3.13. The molecule has 2 bridgehead atoms. The topological polar surface area (TPSA) is 81.2 Å². The smallest absolute Gasteiger partial charge is 0.293 e. The molecule has 7 nitrogen and oxygen atoms in total. The van der Waals surface area contributed by atoms with Crippen molar-refractivity contribution in [3.8, 4) is 0 Å². The molecule has 156 valence electrons. The highest BCUT2D eigenvalue weighted by atomic mass is 16.5. The van der Waals surface area contributed by atoms with Crippen molar-refractivity contribution in [1.29, 1.82) is 0 Å². The lowest BCUT2D eigenvalue weighted by Crippen LogP contribution is -2.51. The molecule has 7 heteroatoms. The molecule has 1 saturated heterocycles. The first-order chi connectivity index (χ1) is 14.5. The fraction of sp³-hybridized carbons (Fsp3) is 0.478. The first-order valence-corrected chi connectivity index (χ1v) is 10.7. The minimum atomic E-state index is -0.144. The summed E-state index contributed by atoms with van der Waals surface area (Å²) in [7, 11) is 0. The van der Waals surface area contributed by atoms with Crippen LogP contribution >= 0.6 is 0 Å². The van der Waals surface area contributed by atoms with Crippen LogP contribution in [0.3, 0.4) is 0 Å². The number of hydrogen-bond acceptors (Lipinski definition) is 5. The van der Waals surface area contributed by atoms with E-state index >= 15 is 0 Å². The molecule has 1 fully saturated rings. The van der Waals surface area contributed by atoms with Crippen molar-refractivity contribution in [2.45, 2.75) is 45.1 Å². The van der Waals surface area contributed by atoms with Crippen LogP contribution in [0, 0.1) is 11.8 Å². The zero-order chi connectivity index (χ0) is 20.8. The molecule has 0 unspecified atom stereocenters. The van der Waals surface area contributed by atoms with E-state index in [-0.39, 0.29) is 35.1 Å². The van der Waals surface area contributed by atoms with Gasteiger partial charge in [0.25, 0.3) is 11.5 Å². The molecule has 0 radical (unpaired) electrons. The lowest BCUT2D eigenvalue weighted by molar-refractivity contribution is 0.0479. The first kappa shape index (κ1) is 19.0. The van der Waals surface area contributed by atoms with Crippen LogP contribution in [-0.2, 0) is 0 Å². The molecule has 0 saturated carbocycles. The molecule has 1 amide bonds. The van der Waals surface area contributed by atoms with Crippen LogP contribution in [0.4, 0.5) is 0 Å². The maximum absolute atomic E-state index is 13.4. The van der Waals surface area contributed by atoms with Crippen LogP contribution < -0.4 is 5.56 Å². The molecule has 0 aliphatic carbocycles. The van der Waals surface area contributed by atoms with Crippen molar-refractivity contribution >= 4 is 16.9 Å². The average Bonchev–Trinajstić information content (AvgIpc) is 3.17. The second-order valence-electron chi connectivity index (χ2n) is 8.99. The standard InChI is InChI=1S/C23H26N4O3/c1-14(2)8-9-19-16-11-15(18-6-3-7-20(28)27(18)19)12-26(13-16)23(29)21-17-5-4-10-24-22(17)25-30-21/h3-7,10,14-16,19H,8-9,11-13H2,1-2H3/t15-,16+,19+/m1/s1. The normalized spacial score (nSPS) is 23.0. The predicted octanol–water partition coefficient (Wildman–Crippen LogP) is 3.62. The van der Waals surface area contributed by atoms with Gasteiger partial charge in [0.1, 0.15) is 0 Å². The summed E-state index contributed by atoms with van der Waals surface area (Å²) in [5.74, 6) is 1.09. The van der Waals surface area contributed by atoms with Crippen molar-refractivity contribution in [2.24, 2.45) is 11.8 Å². The number of piperidine rings is 1. The van der Waals surface area contributed by atoms with E-state index in [1.807, 2.05) is 27.7 Å². The SMILES string of the molecule is CC(C)CC[C@H]1[C@H]2C[C@H](CN(C(=O)c3onc4ncccc34)C2)c2cccc(=O)n21. The van der Waals surface area contributed by atoms with Gasteiger partial charge in [-0.25, -0.2) is 4.98 Å². The molecule has 2 aliphatic heterocycles. The summed E-state index contributed by atoms with van der Waals surface area (Å²) in [4.78, 5) is 32.2. The Balaban J connectivity index is 1.49. The summed E-state index contributed by atoms with van der Waals surface area (Å²) in [5, 5.41) is 4.58. The number of carbonyl (C=O) groups is 1. The van der Waals surface area contributed by atoms with E-state index < -0.39 is 0 Å². The maximum Gasteiger partial charge on any atom is 0.293 e. The highest BCUT2D eigenvalue weighted by molar-refractivity contribution is 6.02. The summed E-state index contributed by atoms with van der Waals surface area (Å²) in [5.41, 5.74) is 1.57. The fourth-order valence-electron chi connectivity index (χ4n) is 5.16. The Morgan fingerprint density at radius 1 is 1.23 bits per heavy atom. The van der Waals surface area contributed by atoms with Crippen molar-refractivity contribution in [2.75, 3.05) is 13.1 Å². The van der Waals surface area contributed by atoms with Gasteiger partial charge in [0.2, 0.25) is 11.4 Å². The monoisotopic (exact) mass is 406 g/mol. The molecule has 3 aromatic rings. The van der Waals surface area contributed by atoms with E-state index in [1.165, 1.54) is 0 Å². The van der Waals surface area contributed by atoms with Gasteiger partial charge in [0.05, 0.1) is 5.39 Å². The molecule has 0 aromatic carbocycles. The molecule has 0 spiro atoms. The number of rotatable bonds is 4. The lowest BCUT2D eigenvalue weighted by Gasteiger charge is -2.47. The number of hydrogen-bond donors (Lipinski definition) is 0. The maximum atomic E-state index is 13.4. The fourth-order valence-corrected chi connectivity index (χ4v) is 5.16. The Labute approximate surface area is 174 Å². The molecular weight excluding hydrogens is 380 g/mol. The number of nitrogens with zero attached hydrogens (tertiary/aromatic N) is 4. The van der Waals surface area contributed by atoms with Gasteiger partial charge in [-0.15, -0.1) is 0 Å². The van der Waals surface area contributed by atoms with E-state index in [4.69, 9.17) is 4.52 Å². The zero-order valence-electron chi connectivity index (χ0n) is 17.3. The van der Waals surface area contributed by atoms with Gasteiger partial charge in [-0.3, -0.25) is 9.59 Å². The molecule has 5 rings (SSSR count). The van der Waals surface area contributed by atoms with Crippen molar-refractivity contribution in [3.05, 3.63) is 58.3 Å². The van der Waals surface area contributed by atoms with Gasteiger partial charge >= 0.3 is 0 Å². The number of likely N-dealkylation sites (tertiary alicyclic amines) is 1. The number of fused-ring (bicyclic) bond motifs is 5. The van der Waals surface area contributed by atoms with Gasteiger partial charge < -0.3 is 14.0 Å². The Hall–Kier alpha value is -2.96. The third-order valence-corrected chi connectivity index (χ3v) is 6.57. The van der Waals surface area contributed by atoms with Crippen molar-refractivity contribution in [3.63, 3.8) is 0 Å². The molecule has 5 heterocycles. The summed E-state index contributed by atoms with van der Waals surface area (Å²) in [6.07, 6.45) is 4.65. The lowest BCUT2D eigenvalue weighted by atomic mass is 9.76. The van der Waals surface area contributed by atoms with Crippen LogP contribution in [-0.4, -0.2) is 38.6 Å². The van der Waals surface area contributed by atoms with Crippen molar-refractivity contribution in [1.82, 2.24) is 19.6 Å². The average molecular weight is 406 g/mol. The zero-order valence-corrected chi connectivity index (χ0v) is 17.3. The number of aromatic nitrogens is 3. The Kier molecular flexibility index (Phi) is 4.68. The van der Waals surface area contributed by atoms with Crippen LogP contribution in [0.25, 0.3) is 11.0 Å². The highest BCUT2D eigenvalue weighted by Crippen LogP contribution is 2.43. The van der Waals surface area contributed by atoms with E-state index in [9.17, 15) is 9.59 Å². The Morgan fingerprint density at radius 3 is 2.93 bits per heavy atom. The number of amides is 1. The van der Waals surface area contributed by atoms with E-state index in [2.05, 4.69) is 24.0 Å². The second kappa shape index (κ2) is 7.38. The minimum absolute atomic E-state index is 0.0723. The summed E-state index contributed by atoms with van der Waals surface area (Å²) in [6.45, 7) is 5.62. The Bertz CT molecular complexity index is 1150. The molecule has 3 aromatic heterocycles. The summed E-state index contributed by atoms with van der Waals surface area (Å²) in [6, 6.07) is 9.26. The second-order valence-corrected chi connectivity index (χ2v) is 8.99. The quantitative estimate of drug-likeness (QED) is 0.661. The van der Waals surface area contributed by atoms with Gasteiger partial charge in [-0.05, 0) is 49.3 Å². The van der Waals surface area contributed by atoms with E-state index in [0.717, 1.165) is 25.0 Å². The molecular formula is C23H26N4O3. The van der Waals surface area contributed by atoms with E-state index in [1.54, 1.807) is 18.3 Å². The largest absolute Gasteiger partial charge is 0.348 e. The van der Waals surface area contributed by atoms with Crippen LogP contribution in [0.5, 0.6) is 0 Å². The Morgan fingerprint density at radius 2 is 2.10 bits per heavy atom.